The third-order valence-electron chi connectivity index (χ3n) is 8.27. The number of allylic oxidation sites excluding steroid dienone is 14. The van der Waals surface area contributed by atoms with Crippen molar-refractivity contribution in [1.29, 1.82) is 0 Å². The van der Waals surface area contributed by atoms with Crippen LogP contribution in [0.5, 0.6) is 0 Å². The zero-order chi connectivity index (χ0) is 40.3. The largest absolute Gasteiger partial charge is 0.472 e. The number of nitrogens with two attached hydrogens (primary N) is 1. The van der Waals surface area contributed by atoms with Crippen molar-refractivity contribution < 1.29 is 37.6 Å². The Balaban J connectivity index is 4.38. The zero-order valence-electron chi connectivity index (χ0n) is 34.4. The maximum absolute atomic E-state index is 12.5. The van der Waals surface area contributed by atoms with E-state index in [2.05, 4.69) is 86.8 Å². The van der Waals surface area contributed by atoms with Crippen molar-refractivity contribution in [2.75, 3.05) is 26.4 Å². The van der Waals surface area contributed by atoms with Gasteiger partial charge in [0.1, 0.15) is 6.61 Å². The Labute approximate surface area is 334 Å². The number of carbonyl (C=O) groups is 2. The summed E-state index contributed by atoms with van der Waals surface area (Å²) in [6, 6.07) is 0. The predicted molar refractivity (Wildman–Crippen MR) is 229 cm³/mol. The Morgan fingerprint density at radius 1 is 0.545 bits per heavy atom. The SMILES string of the molecule is CCCCC/C=C/C/C=C/C/C=C/C/C=C/C/C=C/CCC(=O)O[C@H](COC(=O)CCCC/C=C/C/C=C/CCCCCCCC)COP(=O)(O)OCCN. The molecule has 3 N–H and O–H groups in total. The summed E-state index contributed by atoms with van der Waals surface area (Å²) in [5.74, 6) is -0.972. The van der Waals surface area contributed by atoms with E-state index in [-0.39, 0.29) is 32.6 Å². The molecule has 0 aromatic heterocycles. The van der Waals surface area contributed by atoms with Crippen LogP contribution in [0.25, 0.3) is 0 Å². The molecule has 0 amide bonds. The average Bonchev–Trinajstić information content (AvgIpc) is 3.17. The minimum atomic E-state index is -4.41. The van der Waals surface area contributed by atoms with E-state index in [1.165, 1.54) is 64.2 Å². The molecule has 0 radical (unpaired) electrons. The molecule has 0 spiro atoms. The Bertz CT molecular complexity index is 1170. The van der Waals surface area contributed by atoms with Crippen molar-refractivity contribution in [3.63, 3.8) is 0 Å². The second-order valence-electron chi connectivity index (χ2n) is 13.5. The fraction of sp³-hybridized carbons (Fsp3) is 0.644. The van der Waals surface area contributed by atoms with Crippen LogP contribution in [-0.4, -0.2) is 49.3 Å². The first-order valence-electron chi connectivity index (χ1n) is 21.1. The van der Waals surface area contributed by atoms with Crippen molar-refractivity contribution in [2.45, 2.75) is 161 Å². The molecule has 0 rings (SSSR count). The van der Waals surface area contributed by atoms with Crippen molar-refractivity contribution in [2.24, 2.45) is 5.73 Å². The molecule has 2 atom stereocenters. The molecular formula is C45H76NO8P. The van der Waals surface area contributed by atoms with Gasteiger partial charge < -0.3 is 20.1 Å². The fourth-order valence-electron chi connectivity index (χ4n) is 5.12. The number of rotatable bonds is 38. The van der Waals surface area contributed by atoms with Crippen LogP contribution in [0.1, 0.15) is 155 Å². The van der Waals surface area contributed by atoms with Crippen LogP contribution in [0.15, 0.2) is 85.1 Å². The average molecular weight is 790 g/mol. The number of hydrogen-bond acceptors (Lipinski definition) is 8. The molecule has 10 heteroatoms. The number of unbranched alkanes of at least 4 members (excludes halogenated alkanes) is 11. The van der Waals surface area contributed by atoms with Crippen LogP contribution < -0.4 is 5.73 Å². The quantitative estimate of drug-likeness (QED) is 0.0271. The summed E-state index contributed by atoms with van der Waals surface area (Å²) in [5.41, 5.74) is 5.33. The van der Waals surface area contributed by atoms with Gasteiger partial charge in [-0.25, -0.2) is 4.57 Å². The highest BCUT2D eigenvalue weighted by atomic mass is 31.2. The van der Waals surface area contributed by atoms with Crippen molar-refractivity contribution in [1.82, 2.24) is 0 Å². The lowest BCUT2D eigenvalue weighted by atomic mass is 10.1. The van der Waals surface area contributed by atoms with Crippen LogP contribution in [0, 0.1) is 0 Å². The second kappa shape index (κ2) is 40.8. The maximum atomic E-state index is 12.5. The van der Waals surface area contributed by atoms with Gasteiger partial charge in [-0.3, -0.25) is 18.6 Å². The van der Waals surface area contributed by atoms with Crippen LogP contribution in [0.4, 0.5) is 0 Å². The first-order chi connectivity index (χ1) is 26.8. The lowest BCUT2D eigenvalue weighted by molar-refractivity contribution is -0.161. The Morgan fingerprint density at radius 2 is 0.982 bits per heavy atom. The molecule has 0 saturated carbocycles. The minimum absolute atomic E-state index is 0.0337. The molecule has 0 aliphatic carbocycles. The van der Waals surface area contributed by atoms with E-state index in [1.54, 1.807) is 0 Å². The Kier molecular flexibility index (Phi) is 38.8. The Hall–Kier alpha value is -2.81. The van der Waals surface area contributed by atoms with E-state index < -0.39 is 32.5 Å². The highest BCUT2D eigenvalue weighted by Gasteiger charge is 2.25. The highest BCUT2D eigenvalue weighted by molar-refractivity contribution is 7.47. The predicted octanol–water partition coefficient (Wildman–Crippen LogP) is 12.0. The van der Waals surface area contributed by atoms with Gasteiger partial charge in [-0.1, -0.05) is 144 Å². The van der Waals surface area contributed by atoms with E-state index in [1.807, 2.05) is 12.2 Å². The smallest absolute Gasteiger partial charge is 0.462 e. The molecule has 0 fully saturated rings. The molecule has 314 valence electrons. The van der Waals surface area contributed by atoms with Crippen LogP contribution >= 0.6 is 7.82 Å². The molecule has 0 saturated heterocycles. The minimum Gasteiger partial charge on any atom is -0.462 e. The molecule has 0 aliphatic rings. The molecule has 0 aromatic rings. The van der Waals surface area contributed by atoms with Crippen molar-refractivity contribution >= 4 is 19.8 Å². The number of phosphoric acid groups is 1. The van der Waals surface area contributed by atoms with Gasteiger partial charge in [0.15, 0.2) is 6.10 Å². The lowest BCUT2D eigenvalue weighted by Crippen LogP contribution is -2.29. The van der Waals surface area contributed by atoms with E-state index in [9.17, 15) is 19.0 Å². The lowest BCUT2D eigenvalue weighted by Gasteiger charge is -2.19. The van der Waals surface area contributed by atoms with Gasteiger partial charge in [0.2, 0.25) is 0 Å². The van der Waals surface area contributed by atoms with Gasteiger partial charge in [-0.2, -0.15) is 0 Å². The van der Waals surface area contributed by atoms with Crippen LogP contribution in [-0.2, 0) is 32.7 Å². The topological polar surface area (TPSA) is 134 Å². The van der Waals surface area contributed by atoms with E-state index >= 15 is 0 Å². The summed E-state index contributed by atoms with van der Waals surface area (Å²) in [7, 11) is -4.41. The monoisotopic (exact) mass is 790 g/mol. The normalized spacial score (nSPS) is 14.2. The third-order valence-corrected chi connectivity index (χ3v) is 9.25. The molecule has 0 aliphatic heterocycles. The van der Waals surface area contributed by atoms with Gasteiger partial charge in [0.05, 0.1) is 13.2 Å². The number of ether oxygens (including phenoxy) is 2. The maximum Gasteiger partial charge on any atom is 0.472 e. The molecule has 0 heterocycles. The third kappa shape index (κ3) is 40.7. The molecule has 55 heavy (non-hydrogen) atoms. The first-order valence-corrected chi connectivity index (χ1v) is 22.6. The van der Waals surface area contributed by atoms with E-state index in [0.717, 1.165) is 51.4 Å². The summed E-state index contributed by atoms with van der Waals surface area (Å²) in [5, 5.41) is 0. The van der Waals surface area contributed by atoms with Crippen LogP contribution in [0.2, 0.25) is 0 Å². The molecule has 0 bridgehead atoms. The number of hydrogen-bond donors (Lipinski definition) is 2. The molecule has 1 unspecified atom stereocenters. The van der Waals surface area contributed by atoms with Crippen LogP contribution in [0.3, 0.4) is 0 Å². The van der Waals surface area contributed by atoms with E-state index in [0.29, 0.717) is 12.8 Å². The molecule has 0 aromatic carbocycles. The second-order valence-corrected chi connectivity index (χ2v) is 14.9. The standard InChI is InChI=1S/C45H76NO8P/c1-3-5-7-9-11-13-15-17-19-20-21-22-24-26-28-30-32-34-36-38-45(48)54-43(42-53-55(49,50)52-40-39-46)41-51-44(47)37-35-33-31-29-27-25-23-18-16-14-12-10-8-6-4-2/h11,13,17-19,21-23,26-29,32,34,43H,3-10,12,14-16,20,24-25,30-31,33,35-42,46H2,1-2H3,(H,49,50)/b13-11+,19-17+,22-21+,23-18+,28-26+,29-27+,34-32+/t43-/m1/s1. The molecular weight excluding hydrogens is 713 g/mol. The van der Waals surface area contributed by atoms with E-state index in [4.69, 9.17) is 24.3 Å². The van der Waals surface area contributed by atoms with Gasteiger partial charge in [-0.05, 0) is 83.5 Å². The summed E-state index contributed by atoms with van der Waals surface area (Å²) in [6.45, 7) is 3.55. The van der Waals surface area contributed by atoms with Crippen molar-refractivity contribution in [3.05, 3.63) is 85.1 Å². The van der Waals surface area contributed by atoms with Gasteiger partial charge in [-0.15, -0.1) is 0 Å². The molecule has 9 nitrogen and oxygen atoms in total. The van der Waals surface area contributed by atoms with Gasteiger partial charge >= 0.3 is 19.8 Å². The summed E-state index contributed by atoms with van der Waals surface area (Å²) >= 11 is 0. The summed E-state index contributed by atoms with van der Waals surface area (Å²) in [4.78, 5) is 34.8. The fourth-order valence-corrected chi connectivity index (χ4v) is 5.88. The first kappa shape index (κ1) is 52.2. The summed E-state index contributed by atoms with van der Waals surface area (Å²) in [6.07, 6.45) is 50.6. The highest BCUT2D eigenvalue weighted by Crippen LogP contribution is 2.43. The van der Waals surface area contributed by atoms with Crippen molar-refractivity contribution in [3.8, 4) is 0 Å². The zero-order valence-corrected chi connectivity index (χ0v) is 35.3. The Morgan fingerprint density at radius 3 is 1.51 bits per heavy atom. The van der Waals surface area contributed by atoms with Gasteiger partial charge in [0.25, 0.3) is 0 Å². The number of esters is 2. The number of carbonyl (C=O) groups excluding carboxylic acids is 2. The van der Waals surface area contributed by atoms with Gasteiger partial charge in [0, 0.05) is 19.4 Å². The summed E-state index contributed by atoms with van der Waals surface area (Å²) < 4.78 is 32.6. The number of phosphoric ester groups is 1.